The molecule has 1 amide bonds. The maximum Gasteiger partial charge on any atom is 0.226 e. The second kappa shape index (κ2) is 10.9. The molecule has 0 aliphatic rings. The lowest BCUT2D eigenvalue weighted by atomic mass is 10.1. The van der Waals surface area contributed by atoms with Crippen LogP contribution in [0, 0.1) is 5.92 Å². The molecular weight excluding hydrogens is 356 g/mol. The van der Waals surface area contributed by atoms with Crippen LogP contribution in [0.1, 0.15) is 13.8 Å². The number of benzene rings is 1. The van der Waals surface area contributed by atoms with Crippen LogP contribution in [0.3, 0.4) is 0 Å². The molecule has 0 spiro atoms. The van der Waals surface area contributed by atoms with E-state index in [9.17, 15) is 4.79 Å². The van der Waals surface area contributed by atoms with Crippen molar-refractivity contribution in [3.63, 3.8) is 0 Å². The van der Waals surface area contributed by atoms with Gasteiger partial charge in [0.15, 0.2) is 0 Å². The molecule has 1 atom stereocenters. The molecule has 0 aliphatic carbocycles. The summed E-state index contributed by atoms with van der Waals surface area (Å²) in [7, 11) is 1.86. The maximum atomic E-state index is 12.2. The van der Waals surface area contributed by atoms with Crippen molar-refractivity contribution in [2.45, 2.75) is 13.8 Å². The molecule has 21 heavy (non-hydrogen) atoms. The van der Waals surface area contributed by atoms with Crippen molar-refractivity contribution in [1.29, 1.82) is 0 Å². The van der Waals surface area contributed by atoms with E-state index in [1.165, 1.54) is 0 Å². The number of rotatable bonds is 8. The monoisotopic (exact) mass is 378 g/mol. The highest BCUT2D eigenvalue weighted by Gasteiger charge is 2.18. The Hall–Kier alpha value is -0.780. The third kappa shape index (κ3) is 7.16. The minimum atomic E-state index is -0.00682. The fourth-order valence-electron chi connectivity index (χ4n) is 1.93. The van der Waals surface area contributed by atoms with Gasteiger partial charge in [0, 0.05) is 23.5 Å². The molecule has 0 heterocycles. The Kier molecular flexibility index (Phi) is 10.5. The first kappa shape index (κ1) is 20.2. The van der Waals surface area contributed by atoms with E-state index in [4.69, 9.17) is 4.74 Å². The highest BCUT2D eigenvalue weighted by atomic mass is 79.9. The first-order chi connectivity index (χ1) is 9.58. The Morgan fingerprint density at radius 3 is 2.52 bits per heavy atom. The summed E-state index contributed by atoms with van der Waals surface area (Å²) >= 11 is 3.38. The Balaban J connectivity index is 0.00000400. The lowest BCUT2D eigenvalue weighted by molar-refractivity contribution is -0.135. The molecule has 0 saturated heterocycles. The van der Waals surface area contributed by atoms with E-state index in [0.717, 1.165) is 10.2 Å². The van der Waals surface area contributed by atoms with Gasteiger partial charge in [-0.05, 0) is 38.2 Å². The van der Waals surface area contributed by atoms with Gasteiger partial charge in [-0.2, -0.15) is 0 Å². The van der Waals surface area contributed by atoms with Crippen LogP contribution in [0.5, 0.6) is 5.75 Å². The fraction of sp³-hybridized carbons (Fsp3) is 0.533. The van der Waals surface area contributed by atoms with Crippen LogP contribution in [-0.2, 0) is 4.79 Å². The summed E-state index contributed by atoms with van der Waals surface area (Å²) in [5.41, 5.74) is 0. The Bertz CT molecular complexity index is 415. The third-order valence-electron chi connectivity index (χ3n) is 3.07. The van der Waals surface area contributed by atoms with Crippen molar-refractivity contribution >= 4 is 34.2 Å². The second-order valence-electron chi connectivity index (χ2n) is 4.68. The molecule has 1 rings (SSSR count). The topological polar surface area (TPSA) is 41.6 Å². The van der Waals surface area contributed by atoms with Gasteiger partial charge in [-0.1, -0.05) is 22.9 Å². The summed E-state index contributed by atoms with van der Waals surface area (Å²) in [5, 5.41) is 3.03. The summed E-state index contributed by atoms with van der Waals surface area (Å²) in [6.07, 6.45) is 0. The van der Waals surface area contributed by atoms with Gasteiger partial charge in [0.2, 0.25) is 5.91 Å². The molecule has 1 N–H and O–H groups in total. The lowest BCUT2D eigenvalue weighted by Crippen LogP contribution is -2.40. The van der Waals surface area contributed by atoms with Crippen LogP contribution in [0.4, 0.5) is 0 Å². The number of carbonyl (C=O) groups excluding carboxylic acids is 1. The second-order valence-corrected chi connectivity index (χ2v) is 5.59. The van der Waals surface area contributed by atoms with Crippen molar-refractivity contribution < 1.29 is 9.53 Å². The van der Waals surface area contributed by atoms with Gasteiger partial charge >= 0.3 is 0 Å². The average Bonchev–Trinajstić information content (AvgIpc) is 2.45. The van der Waals surface area contributed by atoms with Crippen LogP contribution in [0.25, 0.3) is 0 Å². The molecule has 1 aromatic carbocycles. The quantitative estimate of drug-likeness (QED) is 0.755. The predicted molar refractivity (Wildman–Crippen MR) is 92.2 cm³/mol. The van der Waals surface area contributed by atoms with Crippen molar-refractivity contribution in [3.8, 4) is 5.75 Å². The van der Waals surface area contributed by atoms with Crippen LogP contribution in [0.2, 0.25) is 0 Å². The summed E-state index contributed by atoms with van der Waals surface area (Å²) in [5.74, 6) is 0.980. The van der Waals surface area contributed by atoms with Crippen molar-refractivity contribution in [1.82, 2.24) is 10.2 Å². The zero-order valence-corrected chi connectivity index (χ0v) is 15.2. The number of likely N-dealkylation sites (N-methyl/N-ethyl adjacent to an activating group) is 1. The molecule has 1 unspecified atom stereocenters. The number of nitrogens with zero attached hydrogens (tertiary/aromatic N) is 1. The average molecular weight is 380 g/mol. The predicted octanol–water partition coefficient (Wildman–Crippen LogP) is 2.95. The molecule has 1 aromatic rings. The van der Waals surface area contributed by atoms with E-state index >= 15 is 0 Å². The third-order valence-corrected chi connectivity index (χ3v) is 3.60. The number of nitrogens with one attached hydrogen (secondary N) is 1. The number of ether oxygens (including phenoxy) is 1. The Labute approximate surface area is 141 Å². The smallest absolute Gasteiger partial charge is 0.226 e. The highest BCUT2D eigenvalue weighted by molar-refractivity contribution is 9.10. The van der Waals surface area contributed by atoms with E-state index in [1.807, 2.05) is 50.1 Å². The molecule has 4 nitrogen and oxygen atoms in total. The zero-order valence-electron chi connectivity index (χ0n) is 12.8. The fourth-order valence-corrected chi connectivity index (χ4v) is 2.20. The summed E-state index contributed by atoms with van der Waals surface area (Å²) in [6, 6.07) is 7.69. The summed E-state index contributed by atoms with van der Waals surface area (Å²) in [4.78, 5) is 14.0. The van der Waals surface area contributed by atoms with Gasteiger partial charge in [-0.25, -0.2) is 0 Å². The standard InChI is InChI=1S/C15H23BrN2O2.ClH/c1-4-18(15(19)12(2)11-17-3)9-10-20-14-7-5-13(16)6-8-14;/h5-8,12,17H,4,9-11H2,1-3H3;1H. The molecule has 0 aromatic heterocycles. The number of hydrogen-bond donors (Lipinski definition) is 1. The summed E-state index contributed by atoms with van der Waals surface area (Å²) in [6.45, 7) is 6.45. The lowest BCUT2D eigenvalue weighted by Gasteiger charge is -2.24. The maximum absolute atomic E-state index is 12.2. The van der Waals surface area contributed by atoms with Gasteiger partial charge < -0.3 is 15.0 Å². The first-order valence-electron chi connectivity index (χ1n) is 6.90. The SMILES string of the molecule is CCN(CCOc1ccc(Br)cc1)C(=O)C(C)CNC.Cl. The molecule has 0 bridgehead atoms. The van der Waals surface area contributed by atoms with E-state index in [1.54, 1.807) is 0 Å². The van der Waals surface area contributed by atoms with Crippen LogP contribution >= 0.6 is 28.3 Å². The number of amides is 1. The minimum absolute atomic E-state index is 0. The van der Waals surface area contributed by atoms with Crippen LogP contribution in [0.15, 0.2) is 28.7 Å². The van der Waals surface area contributed by atoms with Gasteiger partial charge in [-0.3, -0.25) is 4.79 Å². The van der Waals surface area contributed by atoms with Crippen molar-refractivity contribution in [3.05, 3.63) is 28.7 Å². The van der Waals surface area contributed by atoms with E-state index < -0.39 is 0 Å². The molecule has 0 radical (unpaired) electrons. The molecular formula is C15H24BrClN2O2. The Morgan fingerprint density at radius 2 is 2.00 bits per heavy atom. The van der Waals surface area contributed by atoms with E-state index in [-0.39, 0.29) is 24.2 Å². The molecule has 6 heteroatoms. The first-order valence-corrected chi connectivity index (χ1v) is 7.69. The normalized spacial score (nSPS) is 11.4. The largest absolute Gasteiger partial charge is 0.492 e. The van der Waals surface area contributed by atoms with Crippen molar-refractivity contribution in [2.24, 2.45) is 5.92 Å². The van der Waals surface area contributed by atoms with Gasteiger partial charge in [0.1, 0.15) is 12.4 Å². The highest BCUT2D eigenvalue weighted by Crippen LogP contribution is 2.16. The molecule has 120 valence electrons. The van der Waals surface area contributed by atoms with Crippen LogP contribution < -0.4 is 10.1 Å². The van der Waals surface area contributed by atoms with Crippen LogP contribution in [-0.4, -0.2) is 44.1 Å². The minimum Gasteiger partial charge on any atom is -0.492 e. The molecule has 0 fully saturated rings. The Morgan fingerprint density at radius 1 is 1.38 bits per heavy atom. The number of carbonyl (C=O) groups is 1. The number of hydrogen-bond acceptors (Lipinski definition) is 3. The van der Waals surface area contributed by atoms with Gasteiger partial charge in [0.25, 0.3) is 0 Å². The molecule has 0 saturated carbocycles. The number of halogens is 2. The van der Waals surface area contributed by atoms with Gasteiger partial charge in [-0.15, -0.1) is 12.4 Å². The zero-order chi connectivity index (χ0) is 15.0. The van der Waals surface area contributed by atoms with E-state index in [0.29, 0.717) is 26.2 Å². The van der Waals surface area contributed by atoms with Crippen molar-refractivity contribution in [2.75, 3.05) is 33.3 Å². The summed E-state index contributed by atoms with van der Waals surface area (Å²) < 4.78 is 6.68. The van der Waals surface area contributed by atoms with E-state index in [2.05, 4.69) is 21.2 Å². The molecule has 0 aliphatic heterocycles. The van der Waals surface area contributed by atoms with Gasteiger partial charge in [0.05, 0.1) is 6.54 Å².